The number of nitrogens with zero attached hydrogens (tertiary/aromatic N) is 3. The van der Waals surface area contributed by atoms with Crippen LogP contribution in [0.2, 0.25) is 0 Å². The van der Waals surface area contributed by atoms with Crippen LogP contribution in [0.25, 0.3) is 0 Å². The van der Waals surface area contributed by atoms with Crippen molar-refractivity contribution >= 4 is 40.9 Å². The summed E-state index contributed by atoms with van der Waals surface area (Å²) in [7, 11) is 19.3. The Labute approximate surface area is 190 Å². The zero-order valence-corrected chi connectivity index (χ0v) is 21.6. The van der Waals surface area contributed by atoms with E-state index in [1.807, 2.05) is 0 Å². The molecule has 0 aliphatic rings. The fraction of sp³-hybridized carbons (Fsp3) is 0.333. The minimum Gasteiger partial charge on any atom is -0.298 e. The maximum atomic E-state index is 2.33. The van der Waals surface area contributed by atoms with Crippen LogP contribution in [0.4, 0.5) is 17.1 Å². The highest BCUT2D eigenvalue weighted by Gasteiger charge is 2.21. The lowest BCUT2D eigenvalue weighted by atomic mass is 10.3. The fourth-order valence-electron chi connectivity index (χ4n) is 3.59. The van der Waals surface area contributed by atoms with Crippen molar-refractivity contribution in [2.75, 3.05) is 63.4 Å². The van der Waals surface area contributed by atoms with Gasteiger partial charge in [0.05, 0.1) is 63.4 Å². The molecule has 4 heteroatoms. The molecule has 3 nitrogen and oxygen atoms in total. The van der Waals surface area contributed by atoms with Crippen LogP contribution in [0.15, 0.2) is 72.8 Å². The Morgan fingerprint density at radius 1 is 0.355 bits per heavy atom. The maximum absolute atomic E-state index is 2.33. The average Bonchev–Trinajstić information content (AvgIpc) is 2.67. The Kier molecular flexibility index (Phi) is 6.47. The van der Waals surface area contributed by atoms with Crippen molar-refractivity contribution in [2.45, 2.75) is 0 Å². The summed E-state index contributed by atoms with van der Waals surface area (Å²) in [6, 6.07) is 27.7. The van der Waals surface area contributed by atoms with Gasteiger partial charge in [-0.2, -0.15) is 0 Å². The summed E-state index contributed by atoms with van der Waals surface area (Å²) in [5.74, 6) is 0. The molecule has 0 aliphatic heterocycles. The molecule has 0 N–H and O–H groups in total. The van der Waals surface area contributed by atoms with Gasteiger partial charge < -0.3 is 0 Å². The molecule has 3 aromatic carbocycles. The SMILES string of the molecule is C[N+](C)(C)c1ccc(P(c2ccc([N+](C)(C)C)cc2)c2ccc([N+](C)(C)C)cc2)cc1. The minimum absolute atomic E-state index is 0.612. The van der Waals surface area contributed by atoms with Gasteiger partial charge in [-0.3, -0.25) is 13.4 Å². The first kappa shape index (κ1) is 23.6. The second kappa shape index (κ2) is 8.48. The van der Waals surface area contributed by atoms with E-state index in [1.165, 1.54) is 33.0 Å². The van der Waals surface area contributed by atoms with Crippen molar-refractivity contribution in [3.8, 4) is 0 Å². The molecule has 0 saturated heterocycles. The van der Waals surface area contributed by atoms with Crippen LogP contribution < -0.4 is 29.4 Å². The highest BCUT2D eigenvalue weighted by molar-refractivity contribution is 7.79. The van der Waals surface area contributed by atoms with Gasteiger partial charge in [0.25, 0.3) is 0 Å². The third kappa shape index (κ3) is 5.61. The first-order chi connectivity index (χ1) is 14.3. The maximum Gasteiger partial charge on any atom is 0.132 e. The third-order valence-corrected chi connectivity index (χ3v) is 8.09. The summed E-state index contributed by atoms with van der Waals surface area (Å²) in [5, 5.41) is 4.18. The molecule has 0 atom stereocenters. The molecular formula is C27H39N3P+3. The van der Waals surface area contributed by atoms with Crippen molar-refractivity contribution in [3.05, 3.63) is 72.8 Å². The molecule has 3 aromatic rings. The Hall–Kier alpha value is -2.03. The molecule has 164 valence electrons. The largest absolute Gasteiger partial charge is 0.298 e. The smallest absolute Gasteiger partial charge is 0.132 e. The fourth-order valence-corrected chi connectivity index (χ4v) is 5.83. The first-order valence-electron chi connectivity index (χ1n) is 10.8. The number of quaternary nitrogens is 3. The molecule has 0 bridgehead atoms. The van der Waals surface area contributed by atoms with Gasteiger partial charge in [0.15, 0.2) is 0 Å². The Bertz CT molecular complexity index is 864. The van der Waals surface area contributed by atoms with Crippen LogP contribution in [0.3, 0.4) is 0 Å². The van der Waals surface area contributed by atoms with Crippen molar-refractivity contribution in [1.29, 1.82) is 0 Å². The van der Waals surface area contributed by atoms with E-state index in [1.54, 1.807) is 0 Å². The highest BCUT2D eigenvalue weighted by atomic mass is 31.1. The topological polar surface area (TPSA) is 0 Å². The summed E-state index contributed by atoms with van der Waals surface area (Å²) in [4.78, 5) is 0. The van der Waals surface area contributed by atoms with Gasteiger partial charge in [0.1, 0.15) is 17.1 Å². The van der Waals surface area contributed by atoms with Gasteiger partial charge in [0.2, 0.25) is 0 Å². The molecule has 0 saturated carbocycles. The van der Waals surface area contributed by atoms with Crippen LogP contribution in [-0.4, -0.2) is 63.4 Å². The van der Waals surface area contributed by atoms with Crippen LogP contribution in [0.5, 0.6) is 0 Å². The lowest BCUT2D eigenvalue weighted by Gasteiger charge is -2.27. The van der Waals surface area contributed by atoms with E-state index in [2.05, 4.69) is 136 Å². The van der Waals surface area contributed by atoms with Gasteiger partial charge in [-0.15, -0.1) is 0 Å². The van der Waals surface area contributed by atoms with Crippen molar-refractivity contribution in [2.24, 2.45) is 0 Å². The summed E-state index contributed by atoms with van der Waals surface area (Å²) < 4.78 is 2.48. The molecule has 0 aromatic heterocycles. The summed E-state index contributed by atoms with van der Waals surface area (Å²) in [6.07, 6.45) is 0. The van der Waals surface area contributed by atoms with Gasteiger partial charge in [-0.05, 0) is 96.6 Å². The minimum atomic E-state index is -0.612. The second-order valence-electron chi connectivity index (χ2n) is 10.9. The van der Waals surface area contributed by atoms with Crippen molar-refractivity contribution in [3.63, 3.8) is 0 Å². The van der Waals surface area contributed by atoms with Crippen LogP contribution >= 0.6 is 7.92 Å². The van der Waals surface area contributed by atoms with Gasteiger partial charge in [-0.25, -0.2) is 0 Å². The number of benzene rings is 3. The molecule has 0 spiro atoms. The van der Waals surface area contributed by atoms with E-state index >= 15 is 0 Å². The Balaban J connectivity index is 2.08. The average molecular weight is 437 g/mol. The highest BCUT2D eigenvalue weighted by Crippen LogP contribution is 2.35. The monoisotopic (exact) mass is 436 g/mol. The predicted octanol–water partition coefficient (Wildman–Crippen LogP) is 4.03. The first-order valence-corrected chi connectivity index (χ1v) is 12.2. The molecule has 0 aliphatic carbocycles. The Morgan fingerprint density at radius 2 is 0.548 bits per heavy atom. The molecule has 0 radical (unpaired) electrons. The second-order valence-corrected chi connectivity index (χ2v) is 13.1. The standard InChI is InChI=1S/C27H39N3P/c1-28(2,3)22-10-16-25(17-11-22)31(26-18-12-23(13-19-26)29(4,5)6)27-20-14-24(15-21-27)30(7,8)9/h10-21H,1-9H3/q+3. The molecule has 3 rings (SSSR count). The summed E-state index contributed by atoms with van der Waals surface area (Å²) >= 11 is 0. The van der Waals surface area contributed by atoms with E-state index < -0.39 is 7.92 Å². The number of rotatable bonds is 6. The number of hydrogen-bond donors (Lipinski definition) is 0. The van der Waals surface area contributed by atoms with Crippen LogP contribution in [0, 0.1) is 0 Å². The van der Waals surface area contributed by atoms with Gasteiger partial charge >= 0.3 is 0 Å². The van der Waals surface area contributed by atoms with E-state index in [0.717, 1.165) is 13.4 Å². The molecular weight excluding hydrogens is 397 g/mol. The van der Waals surface area contributed by atoms with Crippen molar-refractivity contribution in [1.82, 2.24) is 13.4 Å². The van der Waals surface area contributed by atoms with E-state index in [0.29, 0.717) is 0 Å². The number of hydrogen-bond acceptors (Lipinski definition) is 0. The lowest BCUT2D eigenvalue weighted by molar-refractivity contribution is 0.486. The van der Waals surface area contributed by atoms with E-state index in [-0.39, 0.29) is 0 Å². The van der Waals surface area contributed by atoms with Crippen LogP contribution in [-0.2, 0) is 0 Å². The summed E-state index contributed by atoms with van der Waals surface area (Å²) in [5.41, 5.74) is 3.96. The third-order valence-electron chi connectivity index (χ3n) is 5.65. The quantitative estimate of drug-likeness (QED) is 0.404. The molecule has 31 heavy (non-hydrogen) atoms. The Morgan fingerprint density at radius 3 is 0.710 bits per heavy atom. The van der Waals surface area contributed by atoms with E-state index in [4.69, 9.17) is 0 Å². The van der Waals surface area contributed by atoms with Gasteiger partial charge in [-0.1, -0.05) is 0 Å². The zero-order chi connectivity index (χ0) is 23.0. The molecule has 0 fully saturated rings. The predicted molar refractivity (Wildman–Crippen MR) is 144 cm³/mol. The molecule has 0 heterocycles. The van der Waals surface area contributed by atoms with Crippen molar-refractivity contribution < 1.29 is 0 Å². The summed E-state index contributed by atoms with van der Waals surface area (Å²) in [6.45, 7) is 0. The van der Waals surface area contributed by atoms with Gasteiger partial charge in [0, 0.05) is 0 Å². The molecule has 0 amide bonds. The zero-order valence-electron chi connectivity index (χ0n) is 20.7. The lowest BCUT2D eigenvalue weighted by Crippen LogP contribution is -2.35. The van der Waals surface area contributed by atoms with E-state index in [9.17, 15) is 0 Å². The normalized spacial score (nSPS) is 13.0. The molecule has 0 unspecified atom stereocenters. The van der Waals surface area contributed by atoms with Crippen LogP contribution in [0.1, 0.15) is 0 Å².